The second kappa shape index (κ2) is 6.68. The maximum Gasteiger partial charge on any atom is 0.255 e. The van der Waals surface area contributed by atoms with Crippen molar-refractivity contribution in [2.45, 2.75) is 24.5 Å². The molecule has 0 bridgehead atoms. The number of likely N-dealkylation sites (tertiary alicyclic amines) is 1. The molecule has 0 aliphatic carbocycles. The predicted octanol–water partition coefficient (Wildman–Crippen LogP) is 2.73. The fraction of sp³-hybridized carbons (Fsp3) is 0.400. The van der Waals surface area contributed by atoms with Crippen LogP contribution in [0.3, 0.4) is 0 Å². The molecule has 2 aromatic rings. The van der Waals surface area contributed by atoms with Crippen LogP contribution < -0.4 is 4.90 Å². The first kappa shape index (κ1) is 17.0. The van der Waals surface area contributed by atoms with Crippen molar-refractivity contribution in [3.8, 4) is 0 Å². The summed E-state index contributed by atoms with van der Waals surface area (Å²) in [5, 5.41) is 0. The van der Waals surface area contributed by atoms with Crippen LogP contribution in [-0.4, -0.2) is 54.2 Å². The lowest BCUT2D eigenvalue weighted by atomic mass is 9.73. The van der Waals surface area contributed by atoms with E-state index in [0.717, 1.165) is 25.1 Å². The summed E-state index contributed by atoms with van der Waals surface area (Å²) in [5.41, 5.74) is 1.32. The lowest BCUT2D eigenvalue weighted by Gasteiger charge is -2.61. The summed E-state index contributed by atoms with van der Waals surface area (Å²) in [7, 11) is 1.72. The number of carbonyl (C=O) groups excluding carboxylic acids is 1. The molecule has 0 saturated carbocycles. The topological polar surface area (TPSA) is 45.7 Å². The highest BCUT2D eigenvalue weighted by Crippen LogP contribution is 2.44. The molecule has 2 aliphatic rings. The first-order chi connectivity index (χ1) is 12.6. The molecule has 1 atom stereocenters. The number of amides is 1. The quantitative estimate of drug-likeness (QED) is 0.849. The van der Waals surface area contributed by atoms with Crippen LogP contribution in [0, 0.1) is 5.82 Å². The summed E-state index contributed by atoms with van der Waals surface area (Å²) >= 11 is 0. The van der Waals surface area contributed by atoms with Crippen LogP contribution in [0.2, 0.25) is 0 Å². The number of carbonyl (C=O) groups is 1. The molecule has 3 heterocycles. The zero-order valence-corrected chi connectivity index (χ0v) is 14.8. The number of halogens is 1. The zero-order valence-electron chi connectivity index (χ0n) is 14.8. The number of aromatic nitrogens is 1. The van der Waals surface area contributed by atoms with Crippen LogP contribution in [-0.2, 0) is 4.74 Å². The molecular formula is C20H22FN3O2. The Labute approximate surface area is 152 Å². The van der Waals surface area contributed by atoms with Gasteiger partial charge in [0.25, 0.3) is 5.91 Å². The third-order valence-corrected chi connectivity index (χ3v) is 5.71. The van der Waals surface area contributed by atoms with Crippen LogP contribution >= 0.6 is 0 Å². The zero-order chi connectivity index (χ0) is 18.1. The van der Waals surface area contributed by atoms with Crippen molar-refractivity contribution >= 4 is 11.6 Å². The highest BCUT2D eigenvalue weighted by atomic mass is 19.1. The van der Waals surface area contributed by atoms with E-state index in [9.17, 15) is 9.18 Å². The number of hydrogen-bond acceptors (Lipinski definition) is 4. The standard InChI is InChI=1S/C20H22FN3O2/c1-26-18-14-24(17-6-2-5-16(21)12-17)20(18)7-10-23(11-8-20)19(25)15-4-3-9-22-13-15/h2-6,9,12-13,18H,7-8,10-11,14H2,1H3. The van der Waals surface area contributed by atoms with Crippen molar-refractivity contribution in [2.24, 2.45) is 0 Å². The number of piperidine rings is 1. The van der Waals surface area contributed by atoms with Crippen LogP contribution in [0.25, 0.3) is 0 Å². The van der Waals surface area contributed by atoms with Crippen molar-refractivity contribution in [3.05, 3.63) is 60.2 Å². The Balaban J connectivity index is 1.51. The molecule has 136 valence electrons. The number of anilines is 1. The van der Waals surface area contributed by atoms with Gasteiger partial charge in [-0.1, -0.05) is 6.07 Å². The van der Waals surface area contributed by atoms with Crippen LogP contribution in [0.15, 0.2) is 48.8 Å². The molecule has 2 fully saturated rings. The number of ether oxygens (including phenoxy) is 1. The summed E-state index contributed by atoms with van der Waals surface area (Å²) in [6.45, 7) is 2.05. The molecule has 4 rings (SSSR count). The maximum atomic E-state index is 13.7. The van der Waals surface area contributed by atoms with Gasteiger partial charge in [-0.05, 0) is 43.2 Å². The van der Waals surface area contributed by atoms with Gasteiger partial charge in [-0.3, -0.25) is 9.78 Å². The third kappa shape index (κ3) is 2.74. The Hall–Kier alpha value is -2.47. The van der Waals surface area contributed by atoms with Gasteiger partial charge in [-0.25, -0.2) is 4.39 Å². The Morgan fingerprint density at radius 3 is 2.73 bits per heavy atom. The second-order valence-electron chi connectivity index (χ2n) is 6.95. The van der Waals surface area contributed by atoms with E-state index < -0.39 is 0 Å². The van der Waals surface area contributed by atoms with Gasteiger partial charge in [-0.2, -0.15) is 0 Å². The number of benzene rings is 1. The molecule has 1 aromatic heterocycles. The third-order valence-electron chi connectivity index (χ3n) is 5.71. The van der Waals surface area contributed by atoms with Crippen molar-refractivity contribution in [1.82, 2.24) is 9.88 Å². The fourth-order valence-corrected chi connectivity index (χ4v) is 4.24. The van der Waals surface area contributed by atoms with Gasteiger partial charge in [0, 0.05) is 44.8 Å². The summed E-state index contributed by atoms with van der Waals surface area (Å²) in [4.78, 5) is 20.8. The van der Waals surface area contributed by atoms with E-state index in [1.807, 2.05) is 11.0 Å². The largest absolute Gasteiger partial charge is 0.377 e. The maximum absolute atomic E-state index is 13.7. The normalized spacial score (nSPS) is 21.5. The van der Waals surface area contributed by atoms with Gasteiger partial charge in [0.05, 0.1) is 17.2 Å². The average Bonchev–Trinajstić information content (AvgIpc) is 2.68. The molecule has 1 spiro atoms. The summed E-state index contributed by atoms with van der Waals surface area (Å²) in [6, 6.07) is 10.3. The first-order valence-electron chi connectivity index (χ1n) is 8.89. The average molecular weight is 355 g/mol. The lowest BCUT2D eigenvalue weighted by Crippen LogP contribution is -2.74. The molecule has 2 aliphatic heterocycles. The predicted molar refractivity (Wildman–Crippen MR) is 96.6 cm³/mol. The lowest BCUT2D eigenvalue weighted by molar-refractivity contribution is -0.0433. The number of pyridine rings is 1. The van der Waals surface area contributed by atoms with Crippen LogP contribution in [0.4, 0.5) is 10.1 Å². The van der Waals surface area contributed by atoms with Crippen molar-refractivity contribution in [2.75, 3.05) is 31.6 Å². The molecule has 2 saturated heterocycles. The summed E-state index contributed by atoms with van der Waals surface area (Å²) < 4.78 is 19.4. The minimum absolute atomic E-state index is 0.0125. The SMILES string of the molecule is COC1CN(c2cccc(F)c2)C12CCN(C(=O)c1cccnc1)CC2. The van der Waals surface area contributed by atoms with Crippen LogP contribution in [0.5, 0.6) is 0 Å². The van der Waals surface area contributed by atoms with E-state index in [1.54, 1.807) is 43.8 Å². The van der Waals surface area contributed by atoms with E-state index in [1.165, 1.54) is 6.07 Å². The van der Waals surface area contributed by atoms with Crippen molar-refractivity contribution in [3.63, 3.8) is 0 Å². The van der Waals surface area contributed by atoms with E-state index in [2.05, 4.69) is 9.88 Å². The molecule has 26 heavy (non-hydrogen) atoms. The van der Waals surface area contributed by atoms with E-state index in [0.29, 0.717) is 18.7 Å². The van der Waals surface area contributed by atoms with E-state index in [4.69, 9.17) is 4.74 Å². The Morgan fingerprint density at radius 2 is 2.08 bits per heavy atom. The van der Waals surface area contributed by atoms with E-state index in [-0.39, 0.29) is 23.4 Å². The Bertz CT molecular complexity index is 791. The summed E-state index contributed by atoms with van der Waals surface area (Å²) in [5.74, 6) is -0.221. The number of nitrogens with zero attached hydrogens (tertiary/aromatic N) is 3. The highest BCUT2D eigenvalue weighted by Gasteiger charge is 2.55. The van der Waals surface area contributed by atoms with Crippen molar-refractivity contribution < 1.29 is 13.9 Å². The monoisotopic (exact) mass is 355 g/mol. The first-order valence-corrected chi connectivity index (χ1v) is 8.89. The summed E-state index contributed by atoms with van der Waals surface area (Å²) in [6.07, 6.45) is 4.97. The van der Waals surface area contributed by atoms with Gasteiger partial charge in [0.1, 0.15) is 5.82 Å². The molecular weight excluding hydrogens is 333 g/mol. The highest BCUT2D eigenvalue weighted by molar-refractivity contribution is 5.94. The molecule has 1 aromatic carbocycles. The van der Waals surface area contributed by atoms with Gasteiger partial charge in [0.15, 0.2) is 0 Å². The number of rotatable bonds is 3. The molecule has 1 amide bonds. The molecule has 1 unspecified atom stereocenters. The number of hydrogen-bond donors (Lipinski definition) is 0. The second-order valence-corrected chi connectivity index (χ2v) is 6.95. The van der Waals surface area contributed by atoms with Gasteiger partial charge in [0.2, 0.25) is 0 Å². The molecule has 0 N–H and O–H groups in total. The fourth-order valence-electron chi connectivity index (χ4n) is 4.24. The Kier molecular flexibility index (Phi) is 4.36. The van der Waals surface area contributed by atoms with Gasteiger partial charge >= 0.3 is 0 Å². The van der Waals surface area contributed by atoms with E-state index >= 15 is 0 Å². The van der Waals surface area contributed by atoms with Gasteiger partial charge < -0.3 is 14.5 Å². The minimum Gasteiger partial charge on any atom is -0.377 e. The smallest absolute Gasteiger partial charge is 0.255 e. The number of methoxy groups -OCH3 is 1. The molecule has 5 nitrogen and oxygen atoms in total. The molecule has 0 radical (unpaired) electrons. The Morgan fingerprint density at radius 1 is 1.27 bits per heavy atom. The van der Waals surface area contributed by atoms with Crippen molar-refractivity contribution in [1.29, 1.82) is 0 Å². The van der Waals surface area contributed by atoms with Crippen LogP contribution in [0.1, 0.15) is 23.2 Å². The minimum atomic E-state index is -0.234. The van der Waals surface area contributed by atoms with Gasteiger partial charge in [-0.15, -0.1) is 0 Å². The molecule has 6 heteroatoms.